The van der Waals surface area contributed by atoms with Crippen molar-refractivity contribution < 1.29 is 24.1 Å². The van der Waals surface area contributed by atoms with Crippen LogP contribution in [0.25, 0.3) is 0 Å². The van der Waals surface area contributed by atoms with E-state index >= 15 is 0 Å². The molecule has 1 saturated heterocycles. The van der Waals surface area contributed by atoms with Crippen LogP contribution in [0.1, 0.15) is 29.6 Å². The molecule has 0 amide bonds. The maximum absolute atomic E-state index is 10.7. The maximum atomic E-state index is 10.7. The van der Waals surface area contributed by atoms with Gasteiger partial charge in [0.1, 0.15) is 12.4 Å². The number of ether oxygens (including phenoxy) is 3. The Morgan fingerprint density at radius 2 is 2.05 bits per heavy atom. The Bertz CT molecular complexity index is 409. The summed E-state index contributed by atoms with van der Waals surface area (Å²) in [5.74, 6) is -0.292. The molecule has 2 rings (SSSR count). The Labute approximate surface area is 118 Å². The second-order valence-corrected chi connectivity index (χ2v) is 4.74. The quantitative estimate of drug-likeness (QED) is 0.777. The smallest absolute Gasteiger partial charge is 0.335 e. The Balaban J connectivity index is 1.59. The van der Waals surface area contributed by atoms with Crippen LogP contribution in [-0.2, 0) is 9.47 Å². The highest BCUT2D eigenvalue weighted by molar-refractivity contribution is 5.87. The predicted molar refractivity (Wildman–Crippen MR) is 73.3 cm³/mol. The van der Waals surface area contributed by atoms with Crippen LogP contribution in [0, 0.1) is 0 Å². The van der Waals surface area contributed by atoms with E-state index < -0.39 is 5.97 Å². The van der Waals surface area contributed by atoms with Gasteiger partial charge in [-0.25, -0.2) is 4.79 Å². The summed E-state index contributed by atoms with van der Waals surface area (Å²) in [7, 11) is 0. The molecule has 0 aliphatic carbocycles. The lowest BCUT2D eigenvalue weighted by molar-refractivity contribution is -0.0444. The van der Waals surface area contributed by atoms with E-state index in [4.69, 9.17) is 19.3 Å². The van der Waals surface area contributed by atoms with Crippen LogP contribution in [0.2, 0.25) is 0 Å². The Kier molecular flexibility index (Phi) is 5.83. The van der Waals surface area contributed by atoms with E-state index in [9.17, 15) is 4.79 Å². The third-order valence-electron chi connectivity index (χ3n) is 3.18. The second-order valence-electron chi connectivity index (χ2n) is 4.74. The molecule has 1 aliphatic heterocycles. The zero-order valence-corrected chi connectivity index (χ0v) is 11.4. The Morgan fingerprint density at radius 3 is 2.70 bits per heavy atom. The van der Waals surface area contributed by atoms with E-state index in [1.54, 1.807) is 12.1 Å². The molecule has 5 heteroatoms. The van der Waals surface area contributed by atoms with Gasteiger partial charge in [-0.1, -0.05) is 0 Å². The van der Waals surface area contributed by atoms with Crippen molar-refractivity contribution in [1.29, 1.82) is 0 Å². The van der Waals surface area contributed by atoms with E-state index in [0.29, 0.717) is 25.6 Å². The Hall–Kier alpha value is -1.59. The summed E-state index contributed by atoms with van der Waals surface area (Å²) in [6, 6.07) is 6.34. The van der Waals surface area contributed by atoms with Gasteiger partial charge in [0, 0.05) is 6.61 Å². The molecule has 20 heavy (non-hydrogen) atoms. The third-order valence-corrected chi connectivity index (χ3v) is 3.18. The lowest BCUT2D eigenvalue weighted by atomic mass is 10.1. The van der Waals surface area contributed by atoms with Crippen LogP contribution < -0.4 is 4.74 Å². The first-order valence-electron chi connectivity index (χ1n) is 6.91. The van der Waals surface area contributed by atoms with Crippen molar-refractivity contribution in [2.75, 3.05) is 26.4 Å². The van der Waals surface area contributed by atoms with Gasteiger partial charge in [0.2, 0.25) is 0 Å². The summed E-state index contributed by atoms with van der Waals surface area (Å²) in [5.41, 5.74) is 0.253. The molecule has 0 saturated carbocycles. The summed E-state index contributed by atoms with van der Waals surface area (Å²) in [6.45, 7) is 2.39. The van der Waals surface area contributed by atoms with Crippen molar-refractivity contribution in [3.05, 3.63) is 29.8 Å². The normalized spacial score (nSPS) is 18.7. The Morgan fingerprint density at radius 1 is 1.25 bits per heavy atom. The SMILES string of the molecule is O=C(O)c1ccc(OCCOCC2CCCCO2)cc1. The zero-order valence-electron chi connectivity index (χ0n) is 11.4. The zero-order chi connectivity index (χ0) is 14.2. The molecule has 1 unspecified atom stereocenters. The summed E-state index contributed by atoms with van der Waals surface area (Å²) >= 11 is 0. The summed E-state index contributed by atoms with van der Waals surface area (Å²) in [4.78, 5) is 10.7. The topological polar surface area (TPSA) is 65.0 Å². The van der Waals surface area contributed by atoms with Gasteiger partial charge < -0.3 is 19.3 Å². The number of rotatable bonds is 7. The predicted octanol–water partition coefficient (Wildman–Crippen LogP) is 2.35. The molecule has 0 aromatic heterocycles. The van der Waals surface area contributed by atoms with Gasteiger partial charge >= 0.3 is 5.97 Å². The van der Waals surface area contributed by atoms with Gasteiger partial charge in [-0.3, -0.25) is 0 Å². The molecule has 0 spiro atoms. The molecule has 1 heterocycles. The van der Waals surface area contributed by atoms with Gasteiger partial charge in [-0.15, -0.1) is 0 Å². The summed E-state index contributed by atoms with van der Waals surface area (Å²) < 4.78 is 16.5. The highest BCUT2D eigenvalue weighted by atomic mass is 16.5. The van der Waals surface area contributed by atoms with E-state index in [0.717, 1.165) is 19.4 Å². The minimum Gasteiger partial charge on any atom is -0.491 e. The molecule has 0 bridgehead atoms. The van der Waals surface area contributed by atoms with E-state index in [1.165, 1.54) is 18.6 Å². The maximum Gasteiger partial charge on any atom is 0.335 e. The first-order chi connectivity index (χ1) is 9.75. The van der Waals surface area contributed by atoms with E-state index in [1.807, 2.05) is 0 Å². The van der Waals surface area contributed by atoms with Crippen molar-refractivity contribution in [1.82, 2.24) is 0 Å². The lowest BCUT2D eigenvalue weighted by Crippen LogP contribution is -2.25. The van der Waals surface area contributed by atoms with Crippen molar-refractivity contribution in [2.24, 2.45) is 0 Å². The van der Waals surface area contributed by atoms with Crippen LogP contribution >= 0.6 is 0 Å². The van der Waals surface area contributed by atoms with E-state index in [-0.39, 0.29) is 11.7 Å². The minimum atomic E-state index is -0.938. The number of carboxylic acids is 1. The molecular weight excluding hydrogens is 260 g/mol. The van der Waals surface area contributed by atoms with E-state index in [2.05, 4.69) is 0 Å². The highest BCUT2D eigenvalue weighted by Gasteiger charge is 2.13. The van der Waals surface area contributed by atoms with Crippen LogP contribution in [0.5, 0.6) is 5.75 Å². The molecule has 1 aromatic rings. The number of carboxylic acid groups (broad SMARTS) is 1. The first-order valence-corrected chi connectivity index (χ1v) is 6.91. The molecule has 1 fully saturated rings. The third kappa shape index (κ3) is 4.83. The standard InChI is InChI=1S/C15H20O5/c16-15(17)12-4-6-13(7-5-12)20-10-9-18-11-14-3-1-2-8-19-14/h4-7,14H,1-3,8-11H2,(H,16,17). The molecule has 1 aromatic carbocycles. The van der Waals surface area contributed by atoms with Crippen LogP contribution in [0.3, 0.4) is 0 Å². The number of carbonyl (C=O) groups is 1. The largest absolute Gasteiger partial charge is 0.491 e. The summed E-state index contributed by atoms with van der Waals surface area (Å²) in [6.07, 6.45) is 3.64. The molecule has 1 atom stereocenters. The molecular formula is C15H20O5. The number of aromatic carboxylic acids is 1. The van der Waals surface area contributed by atoms with Gasteiger partial charge in [-0.2, -0.15) is 0 Å². The van der Waals surface area contributed by atoms with Gasteiger partial charge in [0.05, 0.1) is 24.9 Å². The monoisotopic (exact) mass is 280 g/mol. The second kappa shape index (κ2) is 7.87. The molecule has 110 valence electrons. The fraction of sp³-hybridized carbons (Fsp3) is 0.533. The van der Waals surface area contributed by atoms with Crippen molar-refractivity contribution >= 4 is 5.97 Å². The fourth-order valence-electron chi connectivity index (χ4n) is 2.07. The lowest BCUT2D eigenvalue weighted by Gasteiger charge is -2.22. The van der Waals surface area contributed by atoms with Gasteiger partial charge in [-0.05, 0) is 43.5 Å². The summed E-state index contributed by atoms with van der Waals surface area (Å²) in [5, 5.41) is 8.77. The molecule has 1 aliphatic rings. The average Bonchev–Trinajstić information content (AvgIpc) is 2.48. The molecule has 5 nitrogen and oxygen atoms in total. The molecule has 0 radical (unpaired) electrons. The highest BCUT2D eigenvalue weighted by Crippen LogP contribution is 2.13. The van der Waals surface area contributed by atoms with Crippen molar-refractivity contribution in [3.63, 3.8) is 0 Å². The molecule has 1 N–H and O–H groups in total. The number of hydrogen-bond donors (Lipinski definition) is 1. The first kappa shape index (κ1) is 14.8. The number of hydrogen-bond acceptors (Lipinski definition) is 4. The van der Waals surface area contributed by atoms with Crippen LogP contribution in [0.15, 0.2) is 24.3 Å². The van der Waals surface area contributed by atoms with Crippen molar-refractivity contribution in [3.8, 4) is 5.75 Å². The van der Waals surface area contributed by atoms with Gasteiger partial charge in [0.15, 0.2) is 0 Å². The average molecular weight is 280 g/mol. The van der Waals surface area contributed by atoms with Crippen molar-refractivity contribution in [2.45, 2.75) is 25.4 Å². The number of benzene rings is 1. The van der Waals surface area contributed by atoms with Crippen LogP contribution in [-0.4, -0.2) is 43.6 Å². The fourth-order valence-corrected chi connectivity index (χ4v) is 2.07. The van der Waals surface area contributed by atoms with Crippen LogP contribution in [0.4, 0.5) is 0 Å². The van der Waals surface area contributed by atoms with Gasteiger partial charge in [0.25, 0.3) is 0 Å². The minimum absolute atomic E-state index is 0.221.